The normalized spacial score (nSPS) is 15.3. The molecule has 7 heteroatoms. The van der Waals surface area contributed by atoms with Crippen molar-refractivity contribution < 1.29 is 19.1 Å². The molecule has 0 spiro atoms. The lowest BCUT2D eigenvalue weighted by atomic mass is 9.88. The smallest absolute Gasteiger partial charge is 0.414 e. The fourth-order valence-corrected chi connectivity index (χ4v) is 4.92. The van der Waals surface area contributed by atoms with Crippen molar-refractivity contribution in [2.75, 3.05) is 11.9 Å². The van der Waals surface area contributed by atoms with Crippen LogP contribution in [0.3, 0.4) is 0 Å². The van der Waals surface area contributed by atoms with Crippen LogP contribution in [-0.4, -0.2) is 24.5 Å². The number of hydrogen-bond donors (Lipinski definition) is 2. The van der Waals surface area contributed by atoms with E-state index in [1.165, 1.54) is 11.3 Å². The third kappa shape index (κ3) is 5.44. The van der Waals surface area contributed by atoms with Crippen molar-refractivity contribution in [3.05, 3.63) is 51.9 Å². The van der Waals surface area contributed by atoms with Crippen LogP contribution in [0.1, 0.15) is 53.1 Å². The molecule has 2 aromatic rings. The Morgan fingerprint density at radius 1 is 1.21 bits per heavy atom. The van der Waals surface area contributed by atoms with Crippen molar-refractivity contribution in [3.8, 4) is 0 Å². The van der Waals surface area contributed by atoms with Gasteiger partial charge >= 0.3 is 6.09 Å². The average Bonchev–Trinajstić information content (AvgIpc) is 3.04. The Morgan fingerprint density at radius 2 is 1.97 bits per heavy atom. The fraction of sp³-hybridized carbons (Fsp3) is 0.409. The first-order valence-electron chi connectivity index (χ1n) is 9.94. The molecular formula is C22H26N2O4S. The molecule has 0 fully saturated rings. The summed E-state index contributed by atoms with van der Waals surface area (Å²) >= 11 is 1.44. The maximum absolute atomic E-state index is 12.8. The van der Waals surface area contributed by atoms with Gasteiger partial charge in [-0.2, -0.15) is 0 Å². The number of aryl methyl sites for hydroxylation is 1. The lowest BCUT2D eigenvalue weighted by Gasteiger charge is -2.18. The number of imide groups is 1. The molecule has 3 amide bonds. The van der Waals surface area contributed by atoms with E-state index in [1.807, 2.05) is 30.3 Å². The Balaban J connectivity index is 1.76. The van der Waals surface area contributed by atoms with Gasteiger partial charge in [0.1, 0.15) is 5.00 Å². The molecule has 0 aliphatic heterocycles. The molecule has 2 N–H and O–H groups in total. The van der Waals surface area contributed by atoms with Crippen LogP contribution in [0.2, 0.25) is 0 Å². The Morgan fingerprint density at radius 3 is 2.69 bits per heavy atom. The van der Waals surface area contributed by atoms with Crippen LogP contribution in [0.5, 0.6) is 0 Å². The van der Waals surface area contributed by atoms with Crippen LogP contribution < -0.4 is 10.6 Å². The number of carbonyl (C=O) groups excluding carboxylic acids is 3. The number of anilines is 1. The minimum atomic E-state index is -0.775. The summed E-state index contributed by atoms with van der Waals surface area (Å²) in [6.07, 6.45) is 2.78. The van der Waals surface area contributed by atoms with E-state index in [4.69, 9.17) is 4.74 Å². The highest BCUT2D eigenvalue weighted by molar-refractivity contribution is 7.17. The maximum atomic E-state index is 12.8. The van der Waals surface area contributed by atoms with Gasteiger partial charge in [-0.3, -0.25) is 14.9 Å². The minimum absolute atomic E-state index is 0.148. The largest absolute Gasteiger partial charge is 0.450 e. The van der Waals surface area contributed by atoms with Crippen LogP contribution in [0.25, 0.3) is 0 Å². The van der Waals surface area contributed by atoms with E-state index >= 15 is 0 Å². The van der Waals surface area contributed by atoms with Crippen LogP contribution >= 0.6 is 11.3 Å². The SMILES string of the molecule is CCOC(=O)NC(=O)c1c(NC(=O)CCc2ccccc2)sc2c1CC[C@H](C)C2. The maximum Gasteiger partial charge on any atom is 0.414 e. The summed E-state index contributed by atoms with van der Waals surface area (Å²) in [7, 11) is 0. The molecule has 1 aromatic heterocycles. The Bertz CT molecular complexity index is 892. The zero-order chi connectivity index (χ0) is 20.8. The number of nitrogens with one attached hydrogen (secondary N) is 2. The average molecular weight is 415 g/mol. The lowest BCUT2D eigenvalue weighted by Crippen LogP contribution is -2.32. The van der Waals surface area contributed by atoms with E-state index in [-0.39, 0.29) is 12.5 Å². The molecule has 0 radical (unpaired) electrons. The van der Waals surface area contributed by atoms with Crippen molar-refractivity contribution in [2.24, 2.45) is 5.92 Å². The highest BCUT2D eigenvalue weighted by Crippen LogP contribution is 2.39. The number of amides is 3. The van der Waals surface area contributed by atoms with E-state index < -0.39 is 12.0 Å². The van der Waals surface area contributed by atoms with Gasteiger partial charge in [0, 0.05) is 11.3 Å². The van der Waals surface area contributed by atoms with Crippen LogP contribution in [0.15, 0.2) is 30.3 Å². The van der Waals surface area contributed by atoms with Gasteiger partial charge in [-0.1, -0.05) is 37.3 Å². The van der Waals surface area contributed by atoms with Crippen LogP contribution in [0.4, 0.5) is 9.80 Å². The van der Waals surface area contributed by atoms with E-state index in [9.17, 15) is 14.4 Å². The van der Waals surface area contributed by atoms with E-state index in [2.05, 4.69) is 17.6 Å². The molecular weight excluding hydrogens is 388 g/mol. The van der Waals surface area contributed by atoms with E-state index in [0.717, 1.165) is 35.3 Å². The summed E-state index contributed by atoms with van der Waals surface area (Å²) in [6, 6.07) is 9.79. The number of benzene rings is 1. The Hall–Kier alpha value is -2.67. The number of alkyl carbamates (subject to hydrolysis) is 1. The van der Waals surface area contributed by atoms with Crippen molar-refractivity contribution in [1.82, 2.24) is 5.32 Å². The number of rotatable bonds is 6. The van der Waals surface area contributed by atoms with E-state index in [0.29, 0.717) is 29.3 Å². The van der Waals surface area contributed by atoms with Gasteiger partial charge in [0.25, 0.3) is 5.91 Å². The van der Waals surface area contributed by atoms with Gasteiger partial charge in [-0.25, -0.2) is 4.79 Å². The molecule has 3 rings (SSSR count). The Labute approximate surface area is 174 Å². The predicted molar refractivity (Wildman–Crippen MR) is 113 cm³/mol. The quantitative estimate of drug-likeness (QED) is 0.737. The first-order chi connectivity index (χ1) is 14.0. The first-order valence-corrected chi connectivity index (χ1v) is 10.8. The number of thiophene rings is 1. The summed E-state index contributed by atoms with van der Waals surface area (Å²) in [6.45, 7) is 4.04. The monoisotopic (exact) mass is 414 g/mol. The molecule has 1 aliphatic rings. The van der Waals surface area contributed by atoms with Gasteiger partial charge in [-0.05, 0) is 49.7 Å². The molecule has 1 heterocycles. The molecule has 6 nitrogen and oxygen atoms in total. The third-order valence-electron chi connectivity index (χ3n) is 4.97. The summed E-state index contributed by atoms with van der Waals surface area (Å²) in [5.41, 5.74) is 2.42. The number of ether oxygens (including phenoxy) is 1. The highest BCUT2D eigenvalue weighted by Gasteiger charge is 2.29. The van der Waals surface area contributed by atoms with Crippen molar-refractivity contribution >= 4 is 34.2 Å². The van der Waals surface area contributed by atoms with Crippen LogP contribution in [0, 0.1) is 5.92 Å². The number of hydrogen-bond acceptors (Lipinski definition) is 5. The van der Waals surface area contributed by atoms with Gasteiger partial charge < -0.3 is 10.1 Å². The second-order valence-corrected chi connectivity index (χ2v) is 8.37. The zero-order valence-corrected chi connectivity index (χ0v) is 17.6. The Kier molecular flexibility index (Phi) is 7.04. The van der Waals surface area contributed by atoms with Gasteiger partial charge in [-0.15, -0.1) is 11.3 Å². The molecule has 1 aliphatic carbocycles. The zero-order valence-electron chi connectivity index (χ0n) is 16.7. The second-order valence-electron chi connectivity index (χ2n) is 7.26. The number of carbonyl (C=O) groups is 3. The number of fused-ring (bicyclic) bond motifs is 1. The highest BCUT2D eigenvalue weighted by atomic mass is 32.1. The third-order valence-corrected chi connectivity index (χ3v) is 6.14. The first kappa shape index (κ1) is 21.0. The summed E-state index contributed by atoms with van der Waals surface area (Å²) in [4.78, 5) is 38.1. The second kappa shape index (κ2) is 9.69. The fourth-order valence-electron chi connectivity index (χ4n) is 3.49. The molecule has 0 saturated heterocycles. The molecule has 29 heavy (non-hydrogen) atoms. The lowest BCUT2D eigenvalue weighted by molar-refractivity contribution is -0.116. The van der Waals surface area contributed by atoms with Crippen molar-refractivity contribution in [2.45, 2.75) is 46.0 Å². The minimum Gasteiger partial charge on any atom is -0.450 e. The van der Waals surface area contributed by atoms with Gasteiger partial charge in [0.05, 0.1) is 12.2 Å². The van der Waals surface area contributed by atoms with Gasteiger partial charge in [0.15, 0.2) is 0 Å². The topological polar surface area (TPSA) is 84.5 Å². The summed E-state index contributed by atoms with van der Waals surface area (Å²) < 4.78 is 4.83. The molecule has 0 saturated carbocycles. The molecule has 0 unspecified atom stereocenters. The van der Waals surface area contributed by atoms with Crippen LogP contribution in [-0.2, 0) is 28.8 Å². The van der Waals surface area contributed by atoms with Gasteiger partial charge in [0.2, 0.25) is 5.91 Å². The summed E-state index contributed by atoms with van der Waals surface area (Å²) in [5.74, 6) is -0.136. The molecule has 154 valence electrons. The van der Waals surface area contributed by atoms with Crippen molar-refractivity contribution in [1.29, 1.82) is 0 Å². The predicted octanol–water partition coefficient (Wildman–Crippen LogP) is 4.33. The molecule has 0 bridgehead atoms. The standard InChI is InChI=1S/C22H26N2O4S/c1-3-28-22(27)24-20(26)19-16-11-9-14(2)13-17(16)29-21(19)23-18(25)12-10-15-7-5-4-6-8-15/h4-8,14H,3,9-13H2,1-2H3,(H,23,25)(H,24,26,27)/t14-/m0/s1. The molecule has 1 aromatic carbocycles. The summed E-state index contributed by atoms with van der Waals surface area (Å²) in [5, 5.41) is 5.69. The van der Waals surface area contributed by atoms with E-state index in [1.54, 1.807) is 6.92 Å². The van der Waals surface area contributed by atoms with Crippen molar-refractivity contribution in [3.63, 3.8) is 0 Å². The molecule has 1 atom stereocenters.